The van der Waals surface area contributed by atoms with Crippen LogP contribution in [0.3, 0.4) is 0 Å². The van der Waals surface area contributed by atoms with Gasteiger partial charge in [-0.1, -0.05) is 48.3 Å². The summed E-state index contributed by atoms with van der Waals surface area (Å²) in [5.74, 6) is 0.830. The third-order valence-corrected chi connectivity index (χ3v) is 3.50. The molecular formula is C16H17Cl2NO. The zero-order valence-electron chi connectivity index (χ0n) is 11.3. The van der Waals surface area contributed by atoms with Gasteiger partial charge < -0.3 is 10.1 Å². The first kappa shape index (κ1) is 15.2. The van der Waals surface area contributed by atoms with Crippen LogP contribution < -0.4 is 10.1 Å². The quantitative estimate of drug-likeness (QED) is 0.836. The Balaban J connectivity index is 1.93. The Bertz CT molecular complexity index is 555. The summed E-state index contributed by atoms with van der Waals surface area (Å²) in [5.41, 5.74) is 2.16. The van der Waals surface area contributed by atoms with Crippen LogP contribution in [0.25, 0.3) is 0 Å². The molecule has 4 heteroatoms. The fraction of sp³-hybridized carbons (Fsp3) is 0.250. The molecule has 0 saturated heterocycles. The summed E-state index contributed by atoms with van der Waals surface area (Å²) >= 11 is 12.0. The maximum absolute atomic E-state index is 6.11. The normalized spacial score (nSPS) is 10.6. The van der Waals surface area contributed by atoms with Gasteiger partial charge in [0.2, 0.25) is 0 Å². The third-order valence-electron chi connectivity index (χ3n) is 2.91. The van der Waals surface area contributed by atoms with Gasteiger partial charge in [0, 0.05) is 22.2 Å². The Labute approximate surface area is 129 Å². The van der Waals surface area contributed by atoms with Crippen LogP contribution in [0.15, 0.2) is 42.5 Å². The molecule has 0 atom stereocenters. The molecule has 0 radical (unpaired) electrons. The molecular weight excluding hydrogens is 293 g/mol. The molecule has 1 N–H and O–H groups in total. The molecule has 2 nitrogen and oxygen atoms in total. The number of rotatable bonds is 6. The van der Waals surface area contributed by atoms with Crippen LogP contribution in [0.1, 0.15) is 18.1 Å². The van der Waals surface area contributed by atoms with Crippen molar-refractivity contribution >= 4 is 23.2 Å². The molecule has 0 saturated carbocycles. The average molecular weight is 310 g/mol. The zero-order valence-corrected chi connectivity index (χ0v) is 12.8. The number of hydrogen-bond donors (Lipinski definition) is 1. The predicted octanol–water partition coefficient (Wildman–Crippen LogP) is 4.68. The first-order valence-electron chi connectivity index (χ1n) is 6.55. The highest BCUT2D eigenvalue weighted by Crippen LogP contribution is 2.22. The minimum Gasteiger partial charge on any atom is -0.489 e. The van der Waals surface area contributed by atoms with Gasteiger partial charge in [0.05, 0.1) is 0 Å². The number of ether oxygens (including phenoxy) is 1. The molecule has 2 aromatic carbocycles. The van der Waals surface area contributed by atoms with E-state index in [4.69, 9.17) is 27.9 Å². The topological polar surface area (TPSA) is 21.3 Å². The molecule has 106 valence electrons. The van der Waals surface area contributed by atoms with Crippen LogP contribution in [0, 0.1) is 0 Å². The molecule has 0 heterocycles. The first-order chi connectivity index (χ1) is 9.69. The molecule has 0 bridgehead atoms. The van der Waals surface area contributed by atoms with Crippen LogP contribution in [0.2, 0.25) is 10.0 Å². The van der Waals surface area contributed by atoms with E-state index in [9.17, 15) is 0 Å². The standard InChI is InChI=1S/C16H17Cl2NO/c1-2-19-10-12-3-7-15(8-4-12)20-11-13-5-6-14(17)9-16(13)18/h3-9,19H,2,10-11H2,1H3. The van der Waals surface area contributed by atoms with Gasteiger partial charge in [0.1, 0.15) is 12.4 Å². The van der Waals surface area contributed by atoms with Gasteiger partial charge in [0.25, 0.3) is 0 Å². The van der Waals surface area contributed by atoms with Crippen molar-refractivity contribution in [2.75, 3.05) is 6.54 Å². The van der Waals surface area contributed by atoms with Gasteiger partial charge in [0.15, 0.2) is 0 Å². The van der Waals surface area contributed by atoms with Gasteiger partial charge >= 0.3 is 0 Å². The minimum atomic E-state index is 0.433. The molecule has 2 rings (SSSR count). The van der Waals surface area contributed by atoms with Crippen molar-refractivity contribution < 1.29 is 4.74 Å². The first-order valence-corrected chi connectivity index (χ1v) is 7.31. The lowest BCUT2D eigenvalue weighted by Gasteiger charge is -2.09. The van der Waals surface area contributed by atoms with E-state index >= 15 is 0 Å². The van der Waals surface area contributed by atoms with Crippen molar-refractivity contribution in [1.29, 1.82) is 0 Å². The van der Waals surface area contributed by atoms with E-state index in [0.29, 0.717) is 16.7 Å². The molecule has 0 fully saturated rings. The van der Waals surface area contributed by atoms with Crippen molar-refractivity contribution in [2.24, 2.45) is 0 Å². The fourth-order valence-electron chi connectivity index (χ4n) is 1.77. The summed E-state index contributed by atoms with van der Waals surface area (Å²) < 4.78 is 5.72. The molecule has 2 aromatic rings. The summed E-state index contributed by atoms with van der Waals surface area (Å²) in [6, 6.07) is 13.5. The predicted molar refractivity (Wildman–Crippen MR) is 84.6 cm³/mol. The van der Waals surface area contributed by atoms with E-state index in [-0.39, 0.29) is 0 Å². The highest BCUT2D eigenvalue weighted by Gasteiger charge is 2.02. The van der Waals surface area contributed by atoms with Gasteiger partial charge in [-0.05, 0) is 36.4 Å². The maximum Gasteiger partial charge on any atom is 0.119 e. The van der Waals surface area contributed by atoms with E-state index in [1.165, 1.54) is 5.56 Å². The number of hydrogen-bond acceptors (Lipinski definition) is 2. The van der Waals surface area contributed by atoms with Crippen LogP contribution in [-0.2, 0) is 13.2 Å². The lowest BCUT2D eigenvalue weighted by atomic mass is 10.2. The maximum atomic E-state index is 6.11. The summed E-state index contributed by atoms with van der Waals surface area (Å²) in [6.07, 6.45) is 0. The SMILES string of the molecule is CCNCc1ccc(OCc2ccc(Cl)cc2Cl)cc1. The molecule has 0 spiro atoms. The molecule has 0 aliphatic rings. The average Bonchev–Trinajstić information content (AvgIpc) is 2.45. The van der Waals surface area contributed by atoms with E-state index < -0.39 is 0 Å². The second kappa shape index (κ2) is 7.53. The number of benzene rings is 2. The Kier molecular flexibility index (Phi) is 5.72. The highest BCUT2D eigenvalue weighted by atomic mass is 35.5. The van der Waals surface area contributed by atoms with Crippen molar-refractivity contribution in [1.82, 2.24) is 5.32 Å². The van der Waals surface area contributed by atoms with E-state index in [1.54, 1.807) is 6.07 Å². The third kappa shape index (κ3) is 4.41. The number of halogens is 2. The van der Waals surface area contributed by atoms with E-state index in [2.05, 4.69) is 24.4 Å². The zero-order chi connectivity index (χ0) is 14.4. The Hall–Kier alpha value is -1.22. The van der Waals surface area contributed by atoms with Crippen LogP contribution in [0.5, 0.6) is 5.75 Å². The fourth-order valence-corrected chi connectivity index (χ4v) is 2.24. The second-order valence-corrected chi connectivity index (χ2v) is 5.29. The molecule has 20 heavy (non-hydrogen) atoms. The smallest absolute Gasteiger partial charge is 0.119 e. The Morgan fingerprint density at radius 3 is 2.45 bits per heavy atom. The molecule has 0 aliphatic carbocycles. The largest absolute Gasteiger partial charge is 0.489 e. The summed E-state index contributed by atoms with van der Waals surface area (Å²) in [7, 11) is 0. The van der Waals surface area contributed by atoms with Crippen molar-refractivity contribution in [2.45, 2.75) is 20.1 Å². The monoisotopic (exact) mass is 309 g/mol. The second-order valence-electron chi connectivity index (χ2n) is 4.45. The van der Waals surface area contributed by atoms with Crippen LogP contribution >= 0.6 is 23.2 Å². The van der Waals surface area contributed by atoms with Gasteiger partial charge in [-0.15, -0.1) is 0 Å². The van der Waals surface area contributed by atoms with Gasteiger partial charge in [-0.3, -0.25) is 0 Å². The van der Waals surface area contributed by atoms with Crippen molar-refractivity contribution in [3.05, 3.63) is 63.6 Å². The molecule has 0 amide bonds. The lowest BCUT2D eigenvalue weighted by Crippen LogP contribution is -2.11. The van der Waals surface area contributed by atoms with E-state index in [0.717, 1.165) is 24.4 Å². The number of nitrogens with one attached hydrogen (secondary N) is 1. The molecule has 0 aliphatic heterocycles. The van der Waals surface area contributed by atoms with E-state index in [1.807, 2.05) is 24.3 Å². The minimum absolute atomic E-state index is 0.433. The highest BCUT2D eigenvalue weighted by molar-refractivity contribution is 6.35. The van der Waals surface area contributed by atoms with Crippen LogP contribution in [0.4, 0.5) is 0 Å². The van der Waals surface area contributed by atoms with Gasteiger partial charge in [-0.2, -0.15) is 0 Å². The Morgan fingerprint density at radius 1 is 1.05 bits per heavy atom. The summed E-state index contributed by atoms with van der Waals surface area (Å²) in [6.45, 7) is 4.36. The Morgan fingerprint density at radius 2 is 1.80 bits per heavy atom. The summed E-state index contributed by atoms with van der Waals surface area (Å²) in [4.78, 5) is 0. The molecule has 0 aromatic heterocycles. The van der Waals surface area contributed by atoms with Crippen molar-refractivity contribution in [3.63, 3.8) is 0 Å². The molecule has 0 unspecified atom stereocenters. The van der Waals surface area contributed by atoms with Gasteiger partial charge in [-0.25, -0.2) is 0 Å². The summed E-state index contributed by atoms with van der Waals surface area (Å²) in [5, 5.41) is 4.54. The lowest BCUT2D eigenvalue weighted by molar-refractivity contribution is 0.306. The van der Waals surface area contributed by atoms with Crippen molar-refractivity contribution in [3.8, 4) is 5.75 Å². The van der Waals surface area contributed by atoms with Crippen LogP contribution in [-0.4, -0.2) is 6.54 Å².